The number of aliphatic hydroxyl groups excluding tert-OH is 1. The van der Waals surface area contributed by atoms with Crippen molar-refractivity contribution in [2.45, 2.75) is 31.7 Å². The topological polar surface area (TPSA) is 58.9 Å². The molecule has 0 aliphatic carbocycles. The molecule has 0 aromatic rings. The predicted octanol–water partition coefficient (Wildman–Crippen LogP) is -0.117. The van der Waals surface area contributed by atoms with Crippen LogP contribution in [0.25, 0.3) is 0 Å². The third-order valence-electron chi connectivity index (χ3n) is 1.95. The summed E-state index contributed by atoms with van der Waals surface area (Å²) >= 11 is 0. The van der Waals surface area contributed by atoms with Gasteiger partial charge in [-0.1, -0.05) is 0 Å². The van der Waals surface area contributed by atoms with Crippen LogP contribution in [0.4, 0.5) is 0 Å². The molecule has 0 radical (unpaired) electrons. The molecule has 1 rings (SSSR count). The zero-order valence-electron chi connectivity index (χ0n) is 7.54. The van der Waals surface area contributed by atoms with Crippen LogP contribution >= 0.6 is 0 Å². The molecule has 4 heteroatoms. The molecule has 0 unspecified atom stereocenters. The molecule has 1 heterocycles. The van der Waals surface area contributed by atoms with E-state index in [-0.39, 0.29) is 19.8 Å². The molecule has 12 heavy (non-hydrogen) atoms. The van der Waals surface area contributed by atoms with Crippen molar-refractivity contribution in [3.05, 3.63) is 0 Å². The van der Waals surface area contributed by atoms with Gasteiger partial charge in [0.1, 0.15) is 5.60 Å². The van der Waals surface area contributed by atoms with Crippen LogP contribution in [0.3, 0.4) is 0 Å². The van der Waals surface area contributed by atoms with Crippen LogP contribution in [-0.4, -0.2) is 41.4 Å². The summed E-state index contributed by atoms with van der Waals surface area (Å²) in [6.07, 6.45) is 0.295. The fourth-order valence-electron chi connectivity index (χ4n) is 1.05. The van der Waals surface area contributed by atoms with Crippen molar-refractivity contribution in [2.75, 3.05) is 19.8 Å². The third-order valence-corrected chi connectivity index (χ3v) is 1.95. The van der Waals surface area contributed by atoms with E-state index in [0.29, 0.717) is 6.42 Å². The first kappa shape index (κ1) is 9.92. The summed E-state index contributed by atoms with van der Waals surface area (Å²) in [5.74, 6) is -0.609. The van der Waals surface area contributed by atoms with Gasteiger partial charge in [-0.2, -0.15) is 0 Å². The van der Waals surface area contributed by atoms with Crippen molar-refractivity contribution < 1.29 is 19.7 Å². The predicted molar refractivity (Wildman–Crippen MR) is 42.6 cm³/mol. The van der Waals surface area contributed by atoms with Gasteiger partial charge in [-0.3, -0.25) is 0 Å². The summed E-state index contributed by atoms with van der Waals surface area (Å²) < 4.78 is 10.5. The highest BCUT2D eigenvalue weighted by Gasteiger charge is 2.37. The van der Waals surface area contributed by atoms with Crippen LogP contribution in [0.2, 0.25) is 0 Å². The SMILES string of the molecule is CC1(C)OCC(O)(CCO)CO1. The van der Waals surface area contributed by atoms with Crippen molar-refractivity contribution in [1.82, 2.24) is 0 Å². The highest BCUT2D eigenvalue weighted by molar-refractivity contribution is 4.82. The van der Waals surface area contributed by atoms with Gasteiger partial charge in [0.05, 0.1) is 13.2 Å². The largest absolute Gasteiger partial charge is 0.396 e. The number of hydrogen-bond acceptors (Lipinski definition) is 4. The maximum atomic E-state index is 9.69. The second-order valence-corrected chi connectivity index (χ2v) is 3.68. The lowest BCUT2D eigenvalue weighted by Crippen LogP contribution is -2.51. The molecule has 1 aliphatic rings. The van der Waals surface area contributed by atoms with Crippen molar-refractivity contribution >= 4 is 0 Å². The molecule has 1 fully saturated rings. The lowest BCUT2D eigenvalue weighted by atomic mass is 10.0. The molecule has 0 saturated carbocycles. The fraction of sp³-hybridized carbons (Fsp3) is 1.00. The molecule has 0 bridgehead atoms. The van der Waals surface area contributed by atoms with Crippen molar-refractivity contribution in [2.24, 2.45) is 0 Å². The minimum Gasteiger partial charge on any atom is -0.396 e. The van der Waals surface area contributed by atoms with E-state index >= 15 is 0 Å². The number of rotatable bonds is 2. The lowest BCUT2D eigenvalue weighted by Gasteiger charge is -2.39. The van der Waals surface area contributed by atoms with Gasteiger partial charge in [0.2, 0.25) is 0 Å². The van der Waals surface area contributed by atoms with Gasteiger partial charge >= 0.3 is 0 Å². The summed E-state index contributed by atoms with van der Waals surface area (Å²) in [5, 5.41) is 18.3. The molecule has 1 saturated heterocycles. The van der Waals surface area contributed by atoms with E-state index < -0.39 is 11.4 Å². The standard InChI is InChI=1S/C8H16O4/c1-7(2)11-5-8(10,3-4-9)6-12-7/h9-10H,3-6H2,1-2H3. The van der Waals surface area contributed by atoms with E-state index in [1.165, 1.54) is 0 Å². The third kappa shape index (κ3) is 2.42. The monoisotopic (exact) mass is 176 g/mol. The fourth-order valence-corrected chi connectivity index (χ4v) is 1.05. The lowest BCUT2D eigenvalue weighted by molar-refractivity contribution is -0.303. The van der Waals surface area contributed by atoms with Gasteiger partial charge in [0.15, 0.2) is 5.79 Å². The van der Waals surface area contributed by atoms with Gasteiger partial charge in [-0.05, 0) is 13.8 Å². The van der Waals surface area contributed by atoms with Crippen LogP contribution in [0.5, 0.6) is 0 Å². The molecule has 0 aromatic heterocycles. The Morgan fingerprint density at radius 1 is 1.25 bits per heavy atom. The molecule has 72 valence electrons. The van der Waals surface area contributed by atoms with E-state index in [2.05, 4.69) is 0 Å². The Bertz CT molecular complexity index is 145. The van der Waals surface area contributed by atoms with Crippen LogP contribution in [-0.2, 0) is 9.47 Å². The molecule has 4 nitrogen and oxygen atoms in total. The molecule has 0 spiro atoms. The Morgan fingerprint density at radius 3 is 2.17 bits per heavy atom. The maximum absolute atomic E-state index is 9.69. The first-order valence-electron chi connectivity index (χ1n) is 4.09. The van der Waals surface area contributed by atoms with Gasteiger partial charge in [-0.25, -0.2) is 0 Å². The Labute approximate surface area is 72.1 Å². The van der Waals surface area contributed by atoms with Gasteiger partial charge in [0, 0.05) is 13.0 Å². The molecule has 2 N–H and O–H groups in total. The first-order chi connectivity index (χ1) is 5.47. The Morgan fingerprint density at radius 2 is 1.75 bits per heavy atom. The van der Waals surface area contributed by atoms with Crippen molar-refractivity contribution in [3.63, 3.8) is 0 Å². The van der Waals surface area contributed by atoms with E-state index in [0.717, 1.165) is 0 Å². The first-order valence-corrected chi connectivity index (χ1v) is 4.09. The normalized spacial score (nSPS) is 27.0. The summed E-state index contributed by atoms with van der Waals surface area (Å²) in [5.41, 5.74) is -1.01. The van der Waals surface area contributed by atoms with Crippen molar-refractivity contribution in [1.29, 1.82) is 0 Å². The van der Waals surface area contributed by atoms with Crippen molar-refractivity contribution in [3.8, 4) is 0 Å². The molecule has 0 amide bonds. The van der Waals surface area contributed by atoms with Crippen LogP contribution in [0.1, 0.15) is 20.3 Å². The average molecular weight is 176 g/mol. The van der Waals surface area contributed by atoms with E-state index in [1.807, 2.05) is 0 Å². The zero-order chi connectivity index (χ0) is 9.24. The highest BCUT2D eigenvalue weighted by Crippen LogP contribution is 2.25. The average Bonchev–Trinajstić information content (AvgIpc) is 1.98. The Hall–Kier alpha value is -0.160. The van der Waals surface area contributed by atoms with Crippen LogP contribution in [0, 0.1) is 0 Å². The summed E-state index contributed by atoms with van der Waals surface area (Å²) in [6, 6.07) is 0. The van der Waals surface area contributed by atoms with Gasteiger partial charge in [0.25, 0.3) is 0 Å². The van der Waals surface area contributed by atoms with Gasteiger partial charge < -0.3 is 19.7 Å². The van der Waals surface area contributed by atoms with Crippen LogP contribution in [0.15, 0.2) is 0 Å². The molecular formula is C8H16O4. The minimum atomic E-state index is -1.01. The second kappa shape index (κ2) is 3.30. The zero-order valence-corrected chi connectivity index (χ0v) is 7.54. The maximum Gasteiger partial charge on any atom is 0.163 e. The summed E-state index contributed by atoms with van der Waals surface area (Å²) in [4.78, 5) is 0. The number of ether oxygens (including phenoxy) is 2. The quantitative estimate of drug-likeness (QED) is 0.616. The second-order valence-electron chi connectivity index (χ2n) is 3.68. The summed E-state index contributed by atoms with van der Waals surface area (Å²) in [7, 11) is 0. The van der Waals surface area contributed by atoms with Gasteiger partial charge in [-0.15, -0.1) is 0 Å². The van der Waals surface area contributed by atoms with E-state index in [4.69, 9.17) is 14.6 Å². The number of aliphatic hydroxyl groups is 2. The summed E-state index contributed by atoms with van der Waals surface area (Å²) in [6.45, 7) is 3.99. The van der Waals surface area contributed by atoms with E-state index in [9.17, 15) is 5.11 Å². The minimum absolute atomic E-state index is 0.0519. The highest BCUT2D eigenvalue weighted by atomic mass is 16.7. The molecule has 0 atom stereocenters. The Kier molecular flexibility index (Phi) is 2.73. The molecule has 0 aromatic carbocycles. The molecular weight excluding hydrogens is 160 g/mol. The smallest absolute Gasteiger partial charge is 0.163 e. The van der Waals surface area contributed by atoms with E-state index in [1.54, 1.807) is 13.8 Å². The van der Waals surface area contributed by atoms with Crippen LogP contribution < -0.4 is 0 Å². The Balaban J connectivity index is 2.44. The number of hydrogen-bond donors (Lipinski definition) is 2. The molecule has 1 aliphatic heterocycles.